The van der Waals surface area contributed by atoms with Gasteiger partial charge in [0.2, 0.25) is 5.88 Å². The molecule has 8 nitrogen and oxygen atoms in total. The van der Waals surface area contributed by atoms with E-state index in [9.17, 15) is 18.7 Å². The molecule has 26 heavy (non-hydrogen) atoms. The van der Waals surface area contributed by atoms with Crippen molar-refractivity contribution in [3.8, 4) is 5.88 Å². The Bertz CT molecular complexity index is 1000. The fraction of sp³-hybridized carbons (Fsp3) is 0.0625. The van der Waals surface area contributed by atoms with Crippen LogP contribution in [0.15, 0.2) is 58.8 Å². The Labute approximate surface area is 155 Å². The summed E-state index contributed by atoms with van der Waals surface area (Å²) in [5, 5.41) is 18.2. The van der Waals surface area contributed by atoms with Crippen LogP contribution in [-0.4, -0.2) is 31.3 Å². The second-order valence-electron chi connectivity index (χ2n) is 5.19. The van der Waals surface area contributed by atoms with E-state index in [0.717, 1.165) is 4.31 Å². The van der Waals surface area contributed by atoms with Crippen LogP contribution in [0.3, 0.4) is 0 Å². The fourth-order valence-corrected chi connectivity index (χ4v) is 2.95. The van der Waals surface area contributed by atoms with Gasteiger partial charge in [0.1, 0.15) is 6.54 Å². The molecule has 134 valence electrons. The summed E-state index contributed by atoms with van der Waals surface area (Å²) in [5.74, 6) is -1.03. The lowest BCUT2D eigenvalue weighted by Crippen LogP contribution is -2.30. The molecule has 0 saturated heterocycles. The van der Waals surface area contributed by atoms with Crippen molar-refractivity contribution in [3.05, 3.63) is 53.6 Å². The van der Waals surface area contributed by atoms with Crippen LogP contribution < -0.4 is 4.31 Å². The Morgan fingerprint density at radius 1 is 1.23 bits per heavy atom. The fourth-order valence-electron chi connectivity index (χ4n) is 2.31. The SMILES string of the molecule is O=C(CN(c1ccc(Cl)cc1)S(=O)[O-])N=Nc1c(O)[nH]c2ccccc12. The van der Waals surface area contributed by atoms with Crippen LogP contribution in [0.1, 0.15) is 0 Å². The average molecular weight is 392 g/mol. The second-order valence-corrected chi connectivity index (χ2v) is 6.50. The lowest BCUT2D eigenvalue weighted by Gasteiger charge is -2.24. The predicted octanol–water partition coefficient (Wildman–Crippen LogP) is 3.44. The topological polar surface area (TPSA) is 121 Å². The average Bonchev–Trinajstić information content (AvgIpc) is 2.93. The van der Waals surface area contributed by atoms with Crippen molar-refractivity contribution < 1.29 is 18.7 Å². The highest BCUT2D eigenvalue weighted by atomic mass is 35.5. The maximum absolute atomic E-state index is 12.0. The molecule has 0 radical (unpaired) electrons. The number of fused-ring (bicyclic) bond motifs is 1. The molecule has 0 spiro atoms. The number of nitrogens with one attached hydrogen (secondary N) is 1. The molecule has 0 aliphatic rings. The summed E-state index contributed by atoms with van der Waals surface area (Å²) in [6.45, 7) is -0.537. The van der Waals surface area contributed by atoms with Crippen LogP contribution in [0.25, 0.3) is 10.9 Å². The van der Waals surface area contributed by atoms with Crippen LogP contribution in [-0.2, 0) is 16.1 Å². The van der Waals surface area contributed by atoms with Crippen molar-refractivity contribution in [2.24, 2.45) is 10.2 Å². The lowest BCUT2D eigenvalue weighted by molar-refractivity contribution is -0.116. The van der Waals surface area contributed by atoms with Crippen LogP contribution in [0.4, 0.5) is 11.4 Å². The van der Waals surface area contributed by atoms with Crippen molar-refractivity contribution >= 4 is 51.1 Å². The number of rotatable bonds is 5. The number of H-pyrrole nitrogens is 1. The Balaban J connectivity index is 1.80. The predicted molar refractivity (Wildman–Crippen MR) is 97.2 cm³/mol. The Morgan fingerprint density at radius 3 is 2.62 bits per heavy atom. The summed E-state index contributed by atoms with van der Waals surface area (Å²) in [4.78, 5) is 14.8. The van der Waals surface area contributed by atoms with Gasteiger partial charge in [-0.1, -0.05) is 29.8 Å². The number of hydrogen-bond acceptors (Lipinski definition) is 5. The highest BCUT2D eigenvalue weighted by Gasteiger charge is 2.14. The van der Waals surface area contributed by atoms with E-state index in [-0.39, 0.29) is 17.3 Å². The van der Waals surface area contributed by atoms with Crippen molar-refractivity contribution in [1.29, 1.82) is 0 Å². The number of carbonyl (C=O) groups excluding carboxylic acids is 1. The molecular formula is C16H12ClN4O4S-. The number of para-hydroxylation sites is 1. The number of anilines is 1. The van der Waals surface area contributed by atoms with E-state index in [4.69, 9.17) is 11.6 Å². The number of aromatic nitrogens is 1. The van der Waals surface area contributed by atoms with Crippen LogP contribution >= 0.6 is 11.6 Å². The molecule has 0 aliphatic heterocycles. The number of halogens is 1. The molecular weight excluding hydrogens is 380 g/mol. The van der Waals surface area contributed by atoms with Crippen molar-refractivity contribution in [3.63, 3.8) is 0 Å². The van der Waals surface area contributed by atoms with Crippen molar-refractivity contribution in [2.45, 2.75) is 0 Å². The highest BCUT2D eigenvalue weighted by Crippen LogP contribution is 2.35. The number of carbonyl (C=O) groups is 1. The molecule has 3 aromatic rings. The quantitative estimate of drug-likeness (QED) is 0.511. The van der Waals surface area contributed by atoms with Gasteiger partial charge in [0.15, 0.2) is 5.69 Å². The third-order valence-electron chi connectivity index (χ3n) is 3.49. The number of aromatic amines is 1. The van der Waals surface area contributed by atoms with Crippen molar-refractivity contribution in [2.75, 3.05) is 10.8 Å². The first-order valence-electron chi connectivity index (χ1n) is 7.32. The monoisotopic (exact) mass is 391 g/mol. The maximum atomic E-state index is 12.0. The van der Waals surface area contributed by atoms with Crippen LogP contribution in [0.5, 0.6) is 5.88 Å². The van der Waals surface area contributed by atoms with Gasteiger partial charge in [0.25, 0.3) is 5.91 Å². The standard InChI is InChI=1S/C16H13ClN4O4S/c17-10-5-7-11(8-6-10)21(26(24)25)9-14(22)19-20-15-12-3-1-2-4-13(12)18-16(15)23/h1-8,18,23H,9H2,(H,24,25)/p-1. The van der Waals surface area contributed by atoms with E-state index in [1.54, 1.807) is 24.3 Å². The molecule has 2 N–H and O–H groups in total. The summed E-state index contributed by atoms with van der Waals surface area (Å²) in [5.41, 5.74) is 1.01. The van der Waals surface area contributed by atoms with E-state index in [2.05, 4.69) is 15.2 Å². The minimum atomic E-state index is -2.69. The van der Waals surface area contributed by atoms with Gasteiger partial charge in [0, 0.05) is 27.4 Å². The van der Waals surface area contributed by atoms with Crippen molar-refractivity contribution in [1.82, 2.24) is 4.98 Å². The minimum Gasteiger partial charge on any atom is -0.755 e. The first-order chi connectivity index (χ1) is 12.5. The number of benzene rings is 2. The van der Waals surface area contributed by atoms with E-state index in [0.29, 0.717) is 15.9 Å². The molecule has 2 aromatic carbocycles. The van der Waals surface area contributed by atoms with E-state index in [1.807, 2.05) is 0 Å². The maximum Gasteiger partial charge on any atom is 0.284 e. The smallest absolute Gasteiger partial charge is 0.284 e. The first-order valence-corrected chi connectivity index (χ1v) is 8.73. The molecule has 1 amide bonds. The summed E-state index contributed by atoms with van der Waals surface area (Å²) in [6, 6.07) is 12.9. The number of amides is 1. The molecule has 0 fully saturated rings. The van der Waals surface area contributed by atoms with Gasteiger partial charge in [0.05, 0.1) is 5.52 Å². The van der Waals surface area contributed by atoms with Crippen LogP contribution in [0.2, 0.25) is 5.02 Å². The van der Waals surface area contributed by atoms with Gasteiger partial charge in [-0.15, -0.1) is 10.2 Å². The molecule has 1 heterocycles. The third kappa shape index (κ3) is 3.90. The molecule has 0 aliphatic carbocycles. The second kappa shape index (κ2) is 7.65. The largest absolute Gasteiger partial charge is 0.755 e. The van der Waals surface area contributed by atoms with Gasteiger partial charge in [-0.2, -0.15) is 0 Å². The Hall–Kier alpha value is -2.75. The molecule has 1 unspecified atom stereocenters. The number of nitrogens with zero attached hydrogens (tertiary/aromatic N) is 3. The van der Waals surface area contributed by atoms with Gasteiger partial charge in [-0.05, 0) is 30.3 Å². The summed E-state index contributed by atoms with van der Waals surface area (Å²) in [6.07, 6.45) is 0. The molecule has 1 aromatic heterocycles. The van der Waals surface area contributed by atoms with Gasteiger partial charge < -0.3 is 14.6 Å². The molecule has 10 heteroatoms. The molecule has 3 rings (SSSR count). The molecule has 0 bridgehead atoms. The van der Waals surface area contributed by atoms with Gasteiger partial charge >= 0.3 is 0 Å². The number of aromatic hydroxyl groups is 1. The zero-order valence-corrected chi connectivity index (χ0v) is 14.7. The Morgan fingerprint density at radius 2 is 1.92 bits per heavy atom. The molecule has 0 saturated carbocycles. The zero-order chi connectivity index (χ0) is 18.7. The molecule has 1 atom stereocenters. The van der Waals surface area contributed by atoms with Gasteiger partial charge in [-0.25, -0.2) is 0 Å². The van der Waals surface area contributed by atoms with E-state index >= 15 is 0 Å². The highest BCUT2D eigenvalue weighted by molar-refractivity contribution is 7.80. The third-order valence-corrected chi connectivity index (χ3v) is 4.45. The summed E-state index contributed by atoms with van der Waals surface area (Å²) >= 11 is 3.09. The Kier molecular flexibility index (Phi) is 5.31. The zero-order valence-electron chi connectivity index (χ0n) is 13.1. The normalized spacial score (nSPS) is 12.5. The number of azo groups is 1. The van der Waals surface area contributed by atoms with Crippen LogP contribution in [0, 0.1) is 0 Å². The number of hydrogen-bond donors (Lipinski definition) is 2. The summed E-state index contributed by atoms with van der Waals surface area (Å²) < 4.78 is 23.6. The van der Waals surface area contributed by atoms with Gasteiger partial charge in [-0.3, -0.25) is 13.3 Å². The first kappa shape index (κ1) is 18.1. The minimum absolute atomic E-state index is 0.107. The summed E-state index contributed by atoms with van der Waals surface area (Å²) in [7, 11) is 0. The van der Waals surface area contributed by atoms with E-state index in [1.165, 1.54) is 24.3 Å². The van der Waals surface area contributed by atoms with E-state index < -0.39 is 23.7 Å². The lowest BCUT2D eigenvalue weighted by atomic mass is 10.2.